The van der Waals surface area contributed by atoms with Gasteiger partial charge in [-0.25, -0.2) is 9.36 Å². The van der Waals surface area contributed by atoms with E-state index in [1.807, 2.05) is 0 Å². The third kappa shape index (κ3) is 40.8. The first-order chi connectivity index (χ1) is 43.6. The van der Waals surface area contributed by atoms with Crippen LogP contribution in [0.4, 0.5) is 0 Å². The van der Waals surface area contributed by atoms with Crippen molar-refractivity contribution in [3.63, 3.8) is 0 Å². The molecule has 90 heavy (non-hydrogen) atoms. The second-order valence-electron chi connectivity index (χ2n) is 25.7. The van der Waals surface area contributed by atoms with Crippen molar-refractivity contribution in [2.75, 3.05) is 40.1 Å². The van der Waals surface area contributed by atoms with E-state index < -0.39 is 99.7 Å². The molecule has 20 heteroatoms. The summed E-state index contributed by atoms with van der Waals surface area (Å²) in [6, 6.07) is -2.67. The summed E-state index contributed by atoms with van der Waals surface area (Å²) in [5, 5.41) is 28.4. The number of ether oxygens (including phenoxy) is 7. The van der Waals surface area contributed by atoms with Crippen LogP contribution in [0.1, 0.15) is 304 Å². The normalized spacial score (nSPS) is 22.5. The van der Waals surface area contributed by atoms with Crippen LogP contribution in [0.2, 0.25) is 0 Å². The number of hydrogen-bond donors (Lipinski definition) is 6. The summed E-state index contributed by atoms with van der Waals surface area (Å²) in [6.45, 7) is 10.1. The predicted molar refractivity (Wildman–Crippen MR) is 355 cm³/mol. The van der Waals surface area contributed by atoms with E-state index in [4.69, 9.17) is 37.7 Å². The molecule has 2 fully saturated rings. The number of unbranched alkanes of at least 4 members (excludes halogenated alkanes) is 33. The molecule has 0 spiro atoms. The SMILES string of the molecule is CCCCCC/C=C\CCCCCCO[C@H](CCCCCCCCCCC)CCO[C@@H]1[C@@H](NC(C)=O)[C@H](OC[C@H]2O[C@H](C(=O)O)[C@H](NC(=O)CC(=O)CCCCCCCCCCC)[C@@H](OCCCCCCCCCCCC)[C@@H]2O)O[C@H](COC)[C@H]1OP(=O)(O)O. The molecule has 2 aliphatic heterocycles. The van der Waals surface area contributed by atoms with Gasteiger partial charge < -0.3 is 63.8 Å². The van der Waals surface area contributed by atoms with Gasteiger partial charge in [0.25, 0.3) is 0 Å². The van der Waals surface area contributed by atoms with Gasteiger partial charge in [-0.05, 0) is 57.8 Å². The lowest BCUT2D eigenvalue weighted by molar-refractivity contribution is -0.290. The van der Waals surface area contributed by atoms with E-state index in [0.29, 0.717) is 25.9 Å². The standard InChI is InChI=1S/C70H131N2O17P/c1-7-11-15-19-23-27-29-30-34-37-41-45-50-83-58(48-44-40-36-32-26-22-18-14-10-4)49-52-85-67-63(71-56(5)73)70(88-60(54-82-6)65(67)89-90(79,80)81)86-55-59-64(76)66(84-51-46-42-38-33-28-24-20-16-12-8-2)62(68(87-59)69(77)78)72-61(75)53-57(74)47-43-39-35-31-25-21-17-13-9-3/h27,29,58-60,62-68,70,76H,7-26,28,30-55H2,1-6H3,(H,71,73)(H,72,75)(H,77,78)(H2,79,80,81)/b29-27-/t58-,59-,60-,62-,63-,64-,65-,66-,67-,68+,70-/m1/s1. The fourth-order valence-electron chi connectivity index (χ4n) is 12.2. The number of nitrogens with one attached hydrogen (secondary N) is 2. The lowest BCUT2D eigenvalue weighted by Gasteiger charge is -2.47. The Labute approximate surface area is 545 Å². The second-order valence-corrected chi connectivity index (χ2v) is 26.9. The van der Waals surface area contributed by atoms with Crippen molar-refractivity contribution in [2.45, 2.75) is 371 Å². The Morgan fingerprint density at radius 1 is 0.522 bits per heavy atom. The van der Waals surface area contributed by atoms with Gasteiger partial charge in [-0.1, -0.05) is 239 Å². The molecule has 0 unspecified atom stereocenters. The molecule has 2 heterocycles. The van der Waals surface area contributed by atoms with Crippen molar-refractivity contribution in [3.05, 3.63) is 12.2 Å². The number of aliphatic carboxylic acids is 1. The Hall–Kier alpha value is -2.39. The number of carboxylic acid groups (broad SMARTS) is 1. The van der Waals surface area contributed by atoms with Crippen LogP contribution in [-0.4, -0.2) is 151 Å². The first-order valence-corrected chi connectivity index (χ1v) is 37.8. The Bertz CT molecular complexity index is 1860. The highest BCUT2D eigenvalue weighted by molar-refractivity contribution is 7.46. The number of methoxy groups -OCH3 is 1. The van der Waals surface area contributed by atoms with E-state index in [1.54, 1.807) is 0 Å². The monoisotopic (exact) mass is 1300 g/mol. The van der Waals surface area contributed by atoms with Gasteiger partial charge in [0.1, 0.15) is 48.4 Å². The quantitative estimate of drug-likeness (QED) is 0.0143. The van der Waals surface area contributed by atoms with Gasteiger partial charge in [-0.2, -0.15) is 0 Å². The fraction of sp³-hybridized carbons (Fsp3) is 0.914. The van der Waals surface area contributed by atoms with Crippen molar-refractivity contribution in [3.8, 4) is 0 Å². The smallest absolute Gasteiger partial charge is 0.470 e. The molecule has 2 amide bonds. The maximum absolute atomic E-state index is 13.6. The molecule has 2 rings (SSSR count). The van der Waals surface area contributed by atoms with Crippen molar-refractivity contribution in [1.29, 1.82) is 0 Å². The Balaban J connectivity index is 2.34. The van der Waals surface area contributed by atoms with Gasteiger partial charge in [-0.3, -0.25) is 18.9 Å². The number of rotatable bonds is 61. The third-order valence-electron chi connectivity index (χ3n) is 17.4. The molecule has 0 bridgehead atoms. The maximum Gasteiger partial charge on any atom is 0.470 e. The number of aliphatic hydroxyl groups is 1. The third-order valence-corrected chi connectivity index (χ3v) is 18.0. The number of phosphoric ester groups is 1. The number of ketones is 1. The molecule has 528 valence electrons. The zero-order valence-corrected chi connectivity index (χ0v) is 58.2. The molecule has 0 radical (unpaired) electrons. The fourth-order valence-corrected chi connectivity index (χ4v) is 12.8. The number of Topliss-reactive ketones (excluding diaryl/α,β-unsaturated/α-hetero) is 1. The van der Waals surface area contributed by atoms with E-state index in [1.165, 1.54) is 136 Å². The molecule has 0 aromatic carbocycles. The summed E-state index contributed by atoms with van der Waals surface area (Å²) in [5.41, 5.74) is 0. The molecule has 0 saturated carbocycles. The lowest BCUT2D eigenvalue weighted by atomic mass is 9.91. The molecular formula is C70H131N2O17P. The molecule has 2 saturated heterocycles. The summed E-state index contributed by atoms with van der Waals surface area (Å²) < 4.78 is 61.9. The number of allylic oxidation sites excluding steroid dienone is 2. The van der Waals surface area contributed by atoms with Crippen LogP contribution in [0, 0.1) is 0 Å². The first kappa shape index (κ1) is 83.7. The van der Waals surface area contributed by atoms with Crippen molar-refractivity contribution >= 4 is 31.4 Å². The Morgan fingerprint density at radius 3 is 1.51 bits per heavy atom. The Kier molecular flexibility index (Phi) is 51.0. The van der Waals surface area contributed by atoms with Crippen LogP contribution in [0.5, 0.6) is 0 Å². The molecular weight excluding hydrogens is 1170 g/mol. The predicted octanol–water partition coefficient (Wildman–Crippen LogP) is 14.8. The van der Waals surface area contributed by atoms with Crippen LogP contribution in [0.25, 0.3) is 0 Å². The maximum atomic E-state index is 13.6. The van der Waals surface area contributed by atoms with Crippen molar-refractivity contribution in [2.24, 2.45) is 0 Å². The van der Waals surface area contributed by atoms with E-state index in [-0.39, 0.29) is 38.1 Å². The Morgan fingerprint density at radius 2 is 1.00 bits per heavy atom. The van der Waals surface area contributed by atoms with Crippen molar-refractivity contribution in [1.82, 2.24) is 10.6 Å². The number of hydrogen-bond acceptors (Lipinski definition) is 14. The zero-order chi connectivity index (χ0) is 65.9. The van der Waals surface area contributed by atoms with Crippen LogP contribution in [0.15, 0.2) is 12.2 Å². The van der Waals surface area contributed by atoms with Gasteiger partial charge in [0, 0.05) is 40.3 Å². The van der Waals surface area contributed by atoms with Gasteiger partial charge >= 0.3 is 13.8 Å². The topological polar surface area (TPSA) is 264 Å². The minimum Gasteiger partial charge on any atom is -0.479 e. The molecule has 11 atom stereocenters. The van der Waals surface area contributed by atoms with E-state index in [2.05, 4.69) is 50.5 Å². The largest absolute Gasteiger partial charge is 0.479 e. The molecule has 6 N–H and O–H groups in total. The zero-order valence-electron chi connectivity index (χ0n) is 57.3. The van der Waals surface area contributed by atoms with Crippen LogP contribution in [-0.2, 0) is 61.4 Å². The van der Waals surface area contributed by atoms with Crippen LogP contribution < -0.4 is 10.6 Å². The molecule has 0 aromatic heterocycles. The number of aliphatic hydroxyl groups excluding tert-OH is 1. The number of amides is 2. The number of carbonyl (C=O) groups is 4. The summed E-state index contributed by atoms with van der Waals surface area (Å²) in [7, 11) is -3.86. The highest BCUT2D eigenvalue weighted by atomic mass is 31.2. The summed E-state index contributed by atoms with van der Waals surface area (Å²) >= 11 is 0. The molecule has 19 nitrogen and oxygen atoms in total. The molecule has 0 aliphatic carbocycles. The van der Waals surface area contributed by atoms with Crippen molar-refractivity contribution < 1.29 is 81.4 Å². The average molecular weight is 1300 g/mol. The molecule has 0 aromatic rings. The van der Waals surface area contributed by atoms with Gasteiger partial charge in [0.05, 0.1) is 31.8 Å². The lowest BCUT2D eigenvalue weighted by Crippen LogP contribution is -2.68. The minimum atomic E-state index is -5.23. The number of carboxylic acids is 1. The summed E-state index contributed by atoms with van der Waals surface area (Å²) in [6.07, 6.45) is 36.2. The van der Waals surface area contributed by atoms with E-state index in [9.17, 15) is 43.7 Å². The second kappa shape index (κ2) is 54.8. The first-order valence-electron chi connectivity index (χ1n) is 36.2. The van der Waals surface area contributed by atoms with Crippen LogP contribution in [0.3, 0.4) is 0 Å². The number of phosphoric acid groups is 1. The minimum absolute atomic E-state index is 0.0435. The summed E-state index contributed by atoms with van der Waals surface area (Å²) in [5.74, 6) is -2.99. The number of carbonyl (C=O) groups excluding carboxylic acids is 3. The molecule has 2 aliphatic rings. The van der Waals surface area contributed by atoms with Gasteiger partial charge in [0.15, 0.2) is 12.4 Å². The van der Waals surface area contributed by atoms with E-state index >= 15 is 0 Å². The average Bonchev–Trinajstić information content (AvgIpc) is 0.874. The highest BCUT2D eigenvalue weighted by Crippen LogP contribution is 2.42. The van der Waals surface area contributed by atoms with Crippen LogP contribution >= 0.6 is 7.82 Å². The van der Waals surface area contributed by atoms with Gasteiger partial charge in [0.2, 0.25) is 11.8 Å². The highest BCUT2D eigenvalue weighted by Gasteiger charge is 2.53. The van der Waals surface area contributed by atoms with E-state index in [0.717, 1.165) is 116 Å². The van der Waals surface area contributed by atoms with Gasteiger partial charge in [-0.15, -0.1) is 0 Å². The summed E-state index contributed by atoms with van der Waals surface area (Å²) in [4.78, 5) is 73.6.